The molecule has 20 heavy (non-hydrogen) atoms. The Labute approximate surface area is 124 Å². The van der Waals surface area contributed by atoms with E-state index >= 15 is 0 Å². The first-order chi connectivity index (χ1) is 9.70. The van der Waals surface area contributed by atoms with Gasteiger partial charge in [-0.1, -0.05) is 40.2 Å². The number of esters is 1. The minimum absolute atomic E-state index is 0.336. The highest BCUT2D eigenvalue weighted by Crippen LogP contribution is 2.29. The molecule has 0 fully saturated rings. The minimum Gasteiger partial charge on any atom is -0.461 e. The normalized spacial score (nSPS) is 10.9. The first-order valence-electron chi connectivity index (χ1n) is 6.36. The lowest BCUT2D eigenvalue weighted by Crippen LogP contribution is -2.08. The van der Waals surface area contributed by atoms with Crippen LogP contribution in [-0.2, 0) is 4.74 Å². The van der Waals surface area contributed by atoms with Crippen LogP contribution >= 0.6 is 15.9 Å². The Hall–Kier alpha value is -1.94. The molecule has 0 saturated heterocycles. The van der Waals surface area contributed by atoms with Crippen LogP contribution in [0.5, 0.6) is 0 Å². The highest BCUT2D eigenvalue weighted by atomic mass is 79.9. The van der Waals surface area contributed by atoms with Crippen molar-refractivity contribution in [1.82, 2.24) is 4.98 Å². The van der Waals surface area contributed by atoms with E-state index in [1.165, 1.54) is 0 Å². The first-order valence-corrected chi connectivity index (χ1v) is 7.15. The number of hydrogen-bond acceptors (Lipinski definition) is 3. The number of ether oxygens (including phenoxy) is 1. The van der Waals surface area contributed by atoms with Crippen molar-refractivity contribution in [2.24, 2.45) is 0 Å². The summed E-state index contributed by atoms with van der Waals surface area (Å²) < 4.78 is 6.02. The summed E-state index contributed by atoms with van der Waals surface area (Å²) >= 11 is 3.44. The molecular weight excluding hydrogens is 318 g/mol. The topological polar surface area (TPSA) is 39.2 Å². The summed E-state index contributed by atoms with van der Waals surface area (Å²) in [7, 11) is 0. The van der Waals surface area contributed by atoms with E-state index in [1.807, 2.05) is 42.5 Å². The van der Waals surface area contributed by atoms with Crippen molar-refractivity contribution >= 4 is 43.6 Å². The number of rotatable bonds is 2. The number of carbonyl (C=O) groups excluding carboxylic acids is 1. The van der Waals surface area contributed by atoms with Gasteiger partial charge in [-0.2, -0.15) is 0 Å². The van der Waals surface area contributed by atoms with E-state index in [9.17, 15) is 4.79 Å². The number of aromatic nitrogens is 1. The van der Waals surface area contributed by atoms with Gasteiger partial charge in [0.2, 0.25) is 0 Å². The van der Waals surface area contributed by atoms with Crippen LogP contribution in [0.1, 0.15) is 17.4 Å². The molecule has 0 saturated carbocycles. The Morgan fingerprint density at radius 2 is 1.95 bits per heavy atom. The van der Waals surface area contributed by atoms with Gasteiger partial charge in [-0.25, -0.2) is 9.78 Å². The van der Waals surface area contributed by atoms with E-state index in [1.54, 1.807) is 6.92 Å². The Balaban J connectivity index is 2.41. The molecule has 0 bridgehead atoms. The number of pyridine rings is 1. The van der Waals surface area contributed by atoms with Crippen molar-refractivity contribution in [1.29, 1.82) is 0 Å². The van der Waals surface area contributed by atoms with Gasteiger partial charge in [0, 0.05) is 15.2 Å². The van der Waals surface area contributed by atoms with E-state index in [0.29, 0.717) is 12.3 Å². The molecule has 2 aromatic carbocycles. The number of fused-ring (bicyclic) bond motifs is 3. The maximum absolute atomic E-state index is 12.1. The van der Waals surface area contributed by atoms with Crippen molar-refractivity contribution < 1.29 is 9.53 Å². The predicted octanol–water partition coefficient (Wildman–Crippen LogP) is 4.33. The van der Waals surface area contributed by atoms with Gasteiger partial charge in [0.15, 0.2) is 5.69 Å². The van der Waals surface area contributed by atoms with Crippen molar-refractivity contribution in [2.75, 3.05) is 6.61 Å². The van der Waals surface area contributed by atoms with Crippen LogP contribution in [0.4, 0.5) is 0 Å². The molecule has 0 aliphatic rings. The van der Waals surface area contributed by atoms with Crippen LogP contribution < -0.4 is 0 Å². The summed E-state index contributed by atoms with van der Waals surface area (Å²) in [4.78, 5) is 16.6. The first kappa shape index (κ1) is 13.1. The number of halogens is 1. The zero-order chi connectivity index (χ0) is 14.1. The zero-order valence-corrected chi connectivity index (χ0v) is 12.5. The van der Waals surface area contributed by atoms with Crippen LogP contribution in [0.2, 0.25) is 0 Å². The molecule has 0 aliphatic carbocycles. The largest absolute Gasteiger partial charge is 0.461 e. The van der Waals surface area contributed by atoms with Gasteiger partial charge in [-0.3, -0.25) is 0 Å². The standard InChI is InChI=1S/C16H12BrNO2/c1-2-20-16(19)15-13-9-10(17)7-8-11(13)12-5-3-4-6-14(12)18-15/h3-9H,2H2,1H3. The molecule has 0 atom stereocenters. The third-order valence-electron chi connectivity index (χ3n) is 3.13. The molecule has 1 aromatic heterocycles. The summed E-state index contributed by atoms with van der Waals surface area (Å²) in [6.07, 6.45) is 0. The Kier molecular flexibility index (Phi) is 3.40. The second-order valence-corrected chi connectivity index (χ2v) is 5.30. The number of benzene rings is 2. The molecule has 0 aliphatic heterocycles. The Bertz CT molecular complexity index is 814. The molecule has 0 unspecified atom stereocenters. The van der Waals surface area contributed by atoms with Gasteiger partial charge in [0.1, 0.15) is 0 Å². The Morgan fingerprint density at radius 1 is 1.15 bits per heavy atom. The van der Waals surface area contributed by atoms with Gasteiger partial charge in [0.05, 0.1) is 12.1 Å². The second-order valence-electron chi connectivity index (χ2n) is 4.39. The van der Waals surface area contributed by atoms with Gasteiger partial charge in [-0.05, 0) is 30.5 Å². The summed E-state index contributed by atoms with van der Waals surface area (Å²) in [6.45, 7) is 2.12. The van der Waals surface area contributed by atoms with E-state index in [-0.39, 0.29) is 5.97 Å². The van der Waals surface area contributed by atoms with E-state index in [0.717, 1.165) is 26.1 Å². The van der Waals surface area contributed by atoms with Crippen LogP contribution in [0.3, 0.4) is 0 Å². The number of nitrogens with zero attached hydrogens (tertiary/aromatic N) is 1. The maximum atomic E-state index is 12.1. The Morgan fingerprint density at radius 3 is 2.75 bits per heavy atom. The smallest absolute Gasteiger partial charge is 0.357 e. The van der Waals surface area contributed by atoms with Crippen molar-refractivity contribution in [3.8, 4) is 0 Å². The van der Waals surface area contributed by atoms with Crippen LogP contribution in [0.15, 0.2) is 46.9 Å². The molecule has 1 heterocycles. The quantitative estimate of drug-likeness (QED) is 0.519. The zero-order valence-electron chi connectivity index (χ0n) is 10.9. The van der Waals surface area contributed by atoms with Crippen LogP contribution in [0.25, 0.3) is 21.7 Å². The molecule has 3 aromatic rings. The average molecular weight is 330 g/mol. The fraction of sp³-hybridized carbons (Fsp3) is 0.125. The van der Waals surface area contributed by atoms with E-state index < -0.39 is 0 Å². The third kappa shape index (κ3) is 2.16. The average Bonchev–Trinajstić information content (AvgIpc) is 2.46. The lowest BCUT2D eigenvalue weighted by Gasteiger charge is -2.09. The summed E-state index contributed by atoms with van der Waals surface area (Å²) in [5.74, 6) is -0.388. The van der Waals surface area contributed by atoms with Crippen LogP contribution in [-0.4, -0.2) is 17.6 Å². The number of carbonyl (C=O) groups is 1. The molecule has 0 N–H and O–H groups in total. The molecule has 3 nitrogen and oxygen atoms in total. The maximum Gasteiger partial charge on any atom is 0.357 e. The lowest BCUT2D eigenvalue weighted by atomic mass is 10.0. The highest BCUT2D eigenvalue weighted by molar-refractivity contribution is 9.10. The summed E-state index contributed by atoms with van der Waals surface area (Å²) in [5.41, 5.74) is 1.16. The van der Waals surface area contributed by atoms with Crippen molar-refractivity contribution in [3.05, 3.63) is 52.6 Å². The third-order valence-corrected chi connectivity index (χ3v) is 3.63. The van der Waals surface area contributed by atoms with Crippen molar-refractivity contribution in [3.63, 3.8) is 0 Å². The van der Waals surface area contributed by atoms with Gasteiger partial charge in [-0.15, -0.1) is 0 Å². The molecule has 0 amide bonds. The highest BCUT2D eigenvalue weighted by Gasteiger charge is 2.15. The van der Waals surface area contributed by atoms with Gasteiger partial charge >= 0.3 is 5.97 Å². The molecule has 0 spiro atoms. The SMILES string of the molecule is CCOC(=O)c1nc2ccccc2c2ccc(Br)cc12. The fourth-order valence-electron chi connectivity index (χ4n) is 2.28. The second kappa shape index (κ2) is 5.21. The molecule has 3 rings (SSSR count). The fourth-order valence-corrected chi connectivity index (χ4v) is 2.64. The van der Waals surface area contributed by atoms with Gasteiger partial charge < -0.3 is 4.74 Å². The number of hydrogen-bond donors (Lipinski definition) is 0. The summed E-state index contributed by atoms with van der Waals surface area (Å²) in [5, 5.41) is 2.83. The predicted molar refractivity (Wildman–Crippen MR) is 82.9 cm³/mol. The molecule has 4 heteroatoms. The minimum atomic E-state index is -0.388. The van der Waals surface area contributed by atoms with Crippen molar-refractivity contribution in [2.45, 2.75) is 6.92 Å². The molecule has 100 valence electrons. The molecule has 0 radical (unpaired) electrons. The van der Waals surface area contributed by atoms with E-state index in [4.69, 9.17) is 4.74 Å². The monoisotopic (exact) mass is 329 g/mol. The van der Waals surface area contributed by atoms with Gasteiger partial charge in [0.25, 0.3) is 0 Å². The molecular formula is C16H12BrNO2. The van der Waals surface area contributed by atoms with E-state index in [2.05, 4.69) is 20.9 Å². The number of para-hydroxylation sites is 1. The summed E-state index contributed by atoms with van der Waals surface area (Å²) in [6, 6.07) is 13.6. The lowest BCUT2D eigenvalue weighted by molar-refractivity contribution is 0.0522. The van der Waals surface area contributed by atoms with Crippen LogP contribution in [0, 0.1) is 0 Å².